The quantitative estimate of drug-likeness (QED) is 0.786. The van der Waals surface area contributed by atoms with Gasteiger partial charge in [0.05, 0.1) is 13.0 Å². The molecule has 1 aromatic rings. The van der Waals surface area contributed by atoms with Gasteiger partial charge in [0.1, 0.15) is 6.04 Å². The first kappa shape index (κ1) is 12.0. The highest BCUT2D eigenvalue weighted by atomic mass is 16.5. The van der Waals surface area contributed by atoms with Crippen LogP contribution in [-0.2, 0) is 9.53 Å². The van der Waals surface area contributed by atoms with Crippen LogP contribution >= 0.6 is 0 Å². The van der Waals surface area contributed by atoms with Gasteiger partial charge in [-0.15, -0.1) is 0 Å². The molecule has 2 heterocycles. The van der Waals surface area contributed by atoms with Crippen LogP contribution in [0, 0.1) is 6.92 Å². The highest BCUT2D eigenvalue weighted by Crippen LogP contribution is 2.31. The second-order valence-electron chi connectivity index (χ2n) is 4.17. The van der Waals surface area contributed by atoms with E-state index in [1.54, 1.807) is 14.0 Å². The first-order valence-electron chi connectivity index (χ1n) is 5.81. The van der Waals surface area contributed by atoms with Gasteiger partial charge >= 0.3 is 0 Å². The molecule has 2 rings (SSSR count). The number of nitrogens with zero attached hydrogens (tertiary/aromatic N) is 3. The molecule has 1 amide bonds. The summed E-state index contributed by atoms with van der Waals surface area (Å²) in [6.45, 7) is 2.98. The number of aromatic nitrogens is 2. The number of carbonyl (C=O) groups excluding carboxylic acids is 1. The number of likely N-dealkylation sites (tertiary alicyclic amines) is 1. The summed E-state index contributed by atoms with van der Waals surface area (Å²) >= 11 is 0. The zero-order chi connectivity index (χ0) is 12.3. The maximum Gasteiger partial charge on any atom is 0.249 e. The molecule has 0 radical (unpaired) electrons. The van der Waals surface area contributed by atoms with Gasteiger partial charge in [-0.05, 0) is 19.8 Å². The molecule has 0 N–H and O–H groups in total. The minimum absolute atomic E-state index is 0.0550. The average molecular weight is 239 g/mol. The van der Waals surface area contributed by atoms with Crippen molar-refractivity contribution < 1.29 is 14.1 Å². The Morgan fingerprint density at radius 1 is 1.65 bits per heavy atom. The SMILES string of the molecule is COCCC(=O)N1CCC[C@@H]1c1nc(C)no1. The van der Waals surface area contributed by atoms with Gasteiger partial charge in [0, 0.05) is 13.7 Å². The predicted octanol–water partition coefficient (Wildman–Crippen LogP) is 1.08. The van der Waals surface area contributed by atoms with Crippen LogP contribution < -0.4 is 0 Å². The van der Waals surface area contributed by atoms with Crippen LogP contribution in [0.2, 0.25) is 0 Å². The van der Waals surface area contributed by atoms with Gasteiger partial charge in [-0.25, -0.2) is 0 Å². The monoisotopic (exact) mass is 239 g/mol. The molecule has 1 saturated heterocycles. The zero-order valence-corrected chi connectivity index (χ0v) is 10.2. The Kier molecular flexibility index (Phi) is 3.73. The third-order valence-electron chi connectivity index (χ3n) is 2.92. The Labute approximate surface area is 99.9 Å². The van der Waals surface area contributed by atoms with E-state index in [1.807, 2.05) is 4.90 Å². The predicted molar refractivity (Wildman–Crippen MR) is 59.2 cm³/mol. The van der Waals surface area contributed by atoms with E-state index in [0.717, 1.165) is 19.4 Å². The van der Waals surface area contributed by atoms with E-state index in [9.17, 15) is 4.79 Å². The molecular weight excluding hydrogens is 222 g/mol. The number of amides is 1. The normalized spacial score (nSPS) is 19.9. The molecule has 6 nitrogen and oxygen atoms in total. The first-order chi connectivity index (χ1) is 8.22. The summed E-state index contributed by atoms with van der Waals surface area (Å²) < 4.78 is 10.1. The molecule has 0 aliphatic carbocycles. The Hall–Kier alpha value is -1.43. The summed E-state index contributed by atoms with van der Waals surface area (Å²) in [5.41, 5.74) is 0. The van der Waals surface area contributed by atoms with Gasteiger partial charge in [0.2, 0.25) is 11.8 Å². The summed E-state index contributed by atoms with van der Waals surface area (Å²) in [6.07, 6.45) is 2.27. The van der Waals surface area contributed by atoms with Crippen LogP contribution in [-0.4, -0.2) is 41.2 Å². The molecule has 1 atom stereocenters. The Morgan fingerprint density at radius 3 is 3.12 bits per heavy atom. The van der Waals surface area contributed by atoms with Crippen LogP contribution in [0.1, 0.15) is 37.0 Å². The first-order valence-corrected chi connectivity index (χ1v) is 5.81. The Balaban J connectivity index is 2.04. The third kappa shape index (κ3) is 2.63. The lowest BCUT2D eigenvalue weighted by Crippen LogP contribution is -2.31. The molecule has 0 bridgehead atoms. The standard InChI is InChI=1S/C11H17N3O3/c1-8-12-11(17-13-8)9-4-3-6-14(9)10(15)5-7-16-2/h9H,3-7H2,1-2H3/t9-/m1/s1. The van der Waals surface area contributed by atoms with Crippen molar-refractivity contribution >= 4 is 5.91 Å². The number of hydrogen-bond acceptors (Lipinski definition) is 5. The molecule has 0 aromatic carbocycles. The number of rotatable bonds is 4. The van der Waals surface area contributed by atoms with E-state index in [-0.39, 0.29) is 11.9 Å². The maximum absolute atomic E-state index is 12.0. The van der Waals surface area contributed by atoms with Crippen molar-refractivity contribution in [2.75, 3.05) is 20.3 Å². The molecule has 0 saturated carbocycles. The zero-order valence-electron chi connectivity index (χ0n) is 10.2. The lowest BCUT2D eigenvalue weighted by Gasteiger charge is -2.21. The van der Waals surface area contributed by atoms with Crippen molar-refractivity contribution in [2.45, 2.75) is 32.2 Å². The van der Waals surface area contributed by atoms with Crippen LogP contribution in [0.15, 0.2) is 4.52 Å². The van der Waals surface area contributed by atoms with Crippen molar-refractivity contribution in [1.29, 1.82) is 0 Å². The number of aryl methyl sites for hydroxylation is 1. The highest BCUT2D eigenvalue weighted by Gasteiger charge is 2.33. The summed E-state index contributed by atoms with van der Waals surface area (Å²) in [4.78, 5) is 18.0. The fourth-order valence-corrected chi connectivity index (χ4v) is 2.10. The van der Waals surface area contributed by atoms with Crippen molar-refractivity contribution in [3.8, 4) is 0 Å². The molecule has 94 valence electrons. The van der Waals surface area contributed by atoms with Crippen LogP contribution in [0.4, 0.5) is 0 Å². The van der Waals surface area contributed by atoms with E-state index in [1.165, 1.54) is 0 Å². The molecule has 1 aliphatic rings. The van der Waals surface area contributed by atoms with Gasteiger partial charge < -0.3 is 14.2 Å². The molecular formula is C11H17N3O3. The fourth-order valence-electron chi connectivity index (χ4n) is 2.10. The second kappa shape index (κ2) is 5.27. The number of carbonyl (C=O) groups is 1. The number of ether oxygens (including phenoxy) is 1. The van der Waals surface area contributed by atoms with Crippen LogP contribution in [0.3, 0.4) is 0 Å². The van der Waals surface area contributed by atoms with Gasteiger partial charge in [0.25, 0.3) is 0 Å². The summed E-state index contributed by atoms with van der Waals surface area (Å²) in [6, 6.07) is -0.0550. The summed E-state index contributed by atoms with van der Waals surface area (Å²) in [7, 11) is 1.59. The van der Waals surface area contributed by atoms with Gasteiger partial charge in [-0.2, -0.15) is 4.98 Å². The van der Waals surface area contributed by atoms with Gasteiger partial charge in [0.15, 0.2) is 5.82 Å². The minimum Gasteiger partial charge on any atom is -0.384 e. The van der Waals surface area contributed by atoms with E-state index >= 15 is 0 Å². The molecule has 1 aromatic heterocycles. The molecule has 1 aliphatic heterocycles. The van der Waals surface area contributed by atoms with Crippen molar-refractivity contribution in [1.82, 2.24) is 15.0 Å². The third-order valence-corrected chi connectivity index (χ3v) is 2.92. The van der Waals surface area contributed by atoms with Crippen LogP contribution in [0.25, 0.3) is 0 Å². The fraction of sp³-hybridized carbons (Fsp3) is 0.727. The highest BCUT2D eigenvalue weighted by molar-refractivity contribution is 5.77. The molecule has 1 fully saturated rings. The van der Waals surface area contributed by atoms with Crippen molar-refractivity contribution in [3.63, 3.8) is 0 Å². The van der Waals surface area contributed by atoms with Crippen molar-refractivity contribution in [2.24, 2.45) is 0 Å². The molecule has 6 heteroatoms. The van der Waals surface area contributed by atoms with Gasteiger partial charge in [-0.1, -0.05) is 5.16 Å². The number of hydrogen-bond donors (Lipinski definition) is 0. The van der Waals surface area contributed by atoms with E-state index in [0.29, 0.717) is 24.7 Å². The lowest BCUT2D eigenvalue weighted by molar-refractivity contribution is -0.133. The van der Waals surface area contributed by atoms with E-state index < -0.39 is 0 Å². The van der Waals surface area contributed by atoms with Gasteiger partial charge in [-0.3, -0.25) is 4.79 Å². The topological polar surface area (TPSA) is 68.5 Å². The molecule has 0 unspecified atom stereocenters. The Morgan fingerprint density at radius 2 is 2.47 bits per heavy atom. The van der Waals surface area contributed by atoms with E-state index in [2.05, 4.69) is 10.1 Å². The average Bonchev–Trinajstić information content (AvgIpc) is 2.93. The Bertz CT molecular complexity index is 391. The summed E-state index contributed by atoms with van der Waals surface area (Å²) in [5.74, 6) is 1.24. The molecule has 0 spiro atoms. The lowest BCUT2D eigenvalue weighted by atomic mass is 10.2. The minimum atomic E-state index is -0.0550. The number of methoxy groups -OCH3 is 1. The summed E-state index contributed by atoms with van der Waals surface area (Å²) in [5, 5.41) is 3.77. The van der Waals surface area contributed by atoms with Crippen LogP contribution in [0.5, 0.6) is 0 Å². The molecule has 17 heavy (non-hydrogen) atoms. The second-order valence-corrected chi connectivity index (χ2v) is 4.17. The smallest absolute Gasteiger partial charge is 0.249 e. The van der Waals surface area contributed by atoms with E-state index in [4.69, 9.17) is 9.26 Å². The largest absolute Gasteiger partial charge is 0.384 e. The van der Waals surface area contributed by atoms with Crippen molar-refractivity contribution in [3.05, 3.63) is 11.7 Å². The maximum atomic E-state index is 12.0.